The fraction of sp³-hybridized carbons (Fsp3) is 0.562. The molecule has 2 aromatic carbocycles. The fourth-order valence-corrected chi connectivity index (χ4v) is 7.64. The van der Waals surface area contributed by atoms with Crippen LogP contribution in [0.4, 0.5) is 0 Å². The summed E-state index contributed by atoms with van der Waals surface area (Å²) in [6.07, 6.45) is 13.9. The van der Waals surface area contributed by atoms with E-state index >= 15 is 0 Å². The molecule has 2 aromatic rings. The van der Waals surface area contributed by atoms with Crippen LogP contribution in [0, 0.1) is 17.8 Å². The van der Waals surface area contributed by atoms with Crippen LogP contribution in [-0.4, -0.2) is 13.1 Å². The first-order valence-corrected chi connectivity index (χ1v) is 14.0. The smallest absolute Gasteiger partial charge is 0.00367 e. The number of aryl methyl sites for hydroxylation is 1. The quantitative estimate of drug-likeness (QED) is 0.493. The molecule has 0 radical (unpaired) electrons. The molecule has 0 aliphatic heterocycles. The zero-order chi connectivity index (χ0) is 23.5. The maximum Gasteiger partial charge on any atom is -0.00367 e. The summed E-state index contributed by atoms with van der Waals surface area (Å²) in [7, 11) is 0. The molecule has 0 bridgehead atoms. The Morgan fingerprint density at radius 2 is 1.68 bits per heavy atom. The van der Waals surface area contributed by atoms with Gasteiger partial charge in [0.1, 0.15) is 0 Å². The molecular weight excluding hydrogens is 412 g/mol. The standard InChI is InChI=1S/C32H44N2/c1-22-29-9-4-10-30(28-8-3-6-24(20-28)16-18-34)31(29)14-13-25-11-12-27(21-32(22)25)26-7-2-5-23(19-26)15-17-33/h3,6,8,11-12,20-21,23,26,29-31H,1-2,4-5,7,9-10,13-19,33-34H2. The molecule has 2 nitrogen and oxygen atoms in total. The molecule has 2 fully saturated rings. The molecule has 2 saturated carbocycles. The van der Waals surface area contributed by atoms with Crippen molar-refractivity contribution in [1.29, 1.82) is 0 Å². The topological polar surface area (TPSA) is 52.0 Å². The first-order valence-electron chi connectivity index (χ1n) is 14.0. The molecule has 0 spiro atoms. The van der Waals surface area contributed by atoms with Gasteiger partial charge in [0.05, 0.1) is 0 Å². The number of benzene rings is 2. The van der Waals surface area contributed by atoms with Gasteiger partial charge < -0.3 is 11.5 Å². The van der Waals surface area contributed by atoms with Gasteiger partial charge >= 0.3 is 0 Å². The van der Waals surface area contributed by atoms with Crippen molar-refractivity contribution < 1.29 is 0 Å². The van der Waals surface area contributed by atoms with Crippen LogP contribution >= 0.6 is 0 Å². The van der Waals surface area contributed by atoms with E-state index in [1.54, 1.807) is 5.56 Å². The van der Waals surface area contributed by atoms with Gasteiger partial charge in [-0.25, -0.2) is 0 Å². The van der Waals surface area contributed by atoms with E-state index in [-0.39, 0.29) is 0 Å². The maximum atomic E-state index is 5.89. The lowest BCUT2D eigenvalue weighted by atomic mass is 9.66. The SMILES string of the molecule is C=C1c2cc(C3CCCC(CCN)C3)ccc2CCC2C1CCCC2c1cccc(CCN)c1. The van der Waals surface area contributed by atoms with Crippen molar-refractivity contribution in [3.05, 3.63) is 76.9 Å². The molecule has 0 saturated heterocycles. The number of nitrogens with two attached hydrogens (primary N) is 2. The molecule has 5 unspecified atom stereocenters. The van der Waals surface area contributed by atoms with E-state index in [0.29, 0.717) is 23.7 Å². The van der Waals surface area contributed by atoms with Crippen LogP contribution < -0.4 is 11.5 Å². The minimum atomic E-state index is 0.616. The van der Waals surface area contributed by atoms with Crippen LogP contribution in [0.15, 0.2) is 49.0 Å². The summed E-state index contributed by atoms with van der Waals surface area (Å²) in [5.41, 5.74) is 20.7. The van der Waals surface area contributed by atoms with E-state index in [0.717, 1.165) is 25.4 Å². The highest BCUT2D eigenvalue weighted by molar-refractivity contribution is 5.70. The Balaban J connectivity index is 1.39. The third kappa shape index (κ3) is 4.90. The maximum absolute atomic E-state index is 5.89. The van der Waals surface area contributed by atoms with Gasteiger partial charge in [-0.1, -0.05) is 68.3 Å². The lowest BCUT2D eigenvalue weighted by Gasteiger charge is -2.39. The molecule has 5 rings (SSSR count). The van der Waals surface area contributed by atoms with Crippen molar-refractivity contribution in [2.45, 2.75) is 82.5 Å². The highest BCUT2D eigenvalue weighted by Crippen LogP contribution is 2.51. The number of rotatable bonds is 6. The Morgan fingerprint density at radius 1 is 0.824 bits per heavy atom. The normalized spacial score (nSPS) is 29.2. The third-order valence-corrected chi connectivity index (χ3v) is 9.38. The van der Waals surface area contributed by atoms with Crippen LogP contribution in [0.3, 0.4) is 0 Å². The van der Waals surface area contributed by atoms with Gasteiger partial charge in [0.15, 0.2) is 0 Å². The Labute approximate surface area is 207 Å². The second-order valence-electron chi connectivity index (χ2n) is 11.4. The summed E-state index contributed by atoms with van der Waals surface area (Å²) < 4.78 is 0. The molecular formula is C32H44N2. The zero-order valence-electron chi connectivity index (χ0n) is 21.0. The molecule has 3 aliphatic rings. The summed E-state index contributed by atoms with van der Waals surface area (Å²) in [5.74, 6) is 3.48. The van der Waals surface area contributed by atoms with E-state index in [2.05, 4.69) is 42.5 Å². The molecule has 0 heterocycles. The Hall–Kier alpha value is -1.90. The van der Waals surface area contributed by atoms with Crippen molar-refractivity contribution in [3.8, 4) is 0 Å². The first-order chi connectivity index (χ1) is 16.7. The van der Waals surface area contributed by atoms with Crippen molar-refractivity contribution in [3.63, 3.8) is 0 Å². The number of hydrogen-bond donors (Lipinski definition) is 2. The summed E-state index contributed by atoms with van der Waals surface area (Å²) >= 11 is 0. The lowest BCUT2D eigenvalue weighted by Crippen LogP contribution is -2.27. The number of hydrogen-bond acceptors (Lipinski definition) is 2. The minimum Gasteiger partial charge on any atom is -0.330 e. The van der Waals surface area contributed by atoms with Gasteiger partial charge in [-0.3, -0.25) is 0 Å². The van der Waals surface area contributed by atoms with Crippen molar-refractivity contribution in [2.24, 2.45) is 29.2 Å². The average molecular weight is 457 g/mol. The lowest BCUT2D eigenvalue weighted by molar-refractivity contribution is 0.240. The molecule has 34 heavy (non-hydrogen) atoms. The second-order valence-corrected chi connectivity index (χ2v) is 11.4. The Bertz CT molecular complexity index is 990. The first kappa shape index (κ1) is 23.8. The van der Waals surface area contributed by atoms with E-state index in [1.807, 2.05) is 0 Å². The highest BCUT2D eigenvalue weighted by atomic mass is 14.5. The van der Waals surface area contributed by atoms with Crippen molar-refractivity contribution >= 4 is 5.57 Å². The minimum absolute atomic E-state index is 0.616. The van der Waals surface area contributed by atoms with Gasteiger partial charge in [0, 0.05) is 0 Å². The summed E-state index contributed by atoms with van der Waals surface area (Å²) in [6, 6.07) is 16.8. The Morgan fingerprint density at radius 3 is 2.53 bits per heavy atom. The van der Waals surface area contributed by atoms with E-state index in [9.17, 15) is 0 Å². The Kier molecular flexibility index (Phi) is 7.56. The van der Waals surface area contributed by atoms with E-state index in [4.69, 9.17) is 18.0 Å². The third-order valence-electron chi connectivity index (χ3n) is 9.38. The van der Waals surface area contributed by atoms with Crippen LogP contribution in [0.1, 0.15) is 97.4 Å². The zero-order valence-corrected chi connectivity index (χ0v) is 21.0. The summed E-state index contributed by atoms with van der Waals surface area (Å²) in [6.45, 7) is 6.33. The van der Waals surface area contributed by atoms with Crippen LogP contribution in [-0.2, 0) is 12.8 Å². The molecule has 0 aromatic heterocycles. The number of allylic oxidation sites excluding steroid dienone is 1. The van der Waals surface area contributed by atoms with Crippen LogP contribution in [0.2, 0.25) is 0 Å². The van der Waals surface area contributed by atoms with Crippen LogP contribution in [0.25, 0.3) is 5.57 Å². The number of fused-ring (bicyclic) bond motifs is 2. The van der Waals surface area contributed by atoms with Crippen molar-refractivity contribution in [1.82, 2.24) is 0 Å². The predicted octanol–water partition coefficient (Wildman–Crippen LogP) is 6.97. The van der Waals surface area contributed by atoms with Gasteiger partial charge in [0.2, 0.25) is 0 Å². The van der Waals surface area contributed by atoms with Crippen molar-refractivity contribution in [2.75, 3.05) is 13.1 Å². The van der Waals surface area contributed by atoms with Crippen LogP contribution in [0.5, 0.6) is 0 Å². The summed E-state index contributed by atoms with van der Waals surface area (Å²) in [4.78, 5) is 0. The molecule has 2 heteroatoms. The molecule has 3 aliphatic carbocycles. The molecule has 182 valence electrons. The van der Waals surface area contributed by atoms with E-state index in [1.165, 1.54) is 92.0 Å². The highest BCUT2D eigenvalue weighted by Gasteiger charge is 2.38. The monoisotopic (exact) mass is 456 g/mol. The van der Waals surface area contributed by atoms with Gasteiger partial charge in [-0.15, -0.1) is 0 Å². The fourth-order valence-electron chi connectivity index (χ4n) is 7.64. The second kappa shape index (κ2) is 10.8. The molecule has 0 amide bonds. The summed E-state index contributed by atoms with van der Waals surface area (Å²) in [5, 5.41) is 0. The average Bonchev–Trinajstić information content (AvgIpc) is 3.01. The van der Waals surface area contributed by atoms with E-state index < -0.39 is 0 Å². The van der Waals surface area contributed by atoms with Gasteiger partial charge in [0.25, 0.3) is 0 Å². The largest absolute Gasteiger partial charge is 0.330 e. The molecule has 4 N–H and O–H groups in total. The molecule has 5 atom stereocenters. The van der Waals surface area contributed by atoms with Gasteiger partial charge in [-0.05, 0) is 127 Å². The predicted molar refractivity (Wildman–Crippen MR) is 145 cm³/mol. The van der Waals surface area contributed by atoms with Gasteiger partial charge in [-0.2, -0.15) is 0 Å².